The number of piperidine rings is 1. The van der Waals surface area contributed by atoms with Crippen LogP contribution in [0.4, 0.5) is 20.6 Å². The third-order valence-electron chi connectivity index (χ3n) is 6.23. The summed E-state index contributed by atoms with van der Waals surface area (Å²) in [6.07, 6.45) is 1.61. The Hall–Kier alpha value is -2.80. The number of likely N-dealkylation sites (tertiary alicyclic amines) is 1. The van der Waals surface area contributed by atoms with Crippen LogP contribution in [0.3, 0.4) is 0 Å². The molecule has 1 atom stereocenters. The number of para-hydroxylation sites is 2. The summed E-state index contributed by atoms with van der Waals surface area (Å²) < 4.78 is 25.1. The van der Waals surface area contributed by atoms with Gasteiger partial charge in [-0.2, -0.15) is 0 Å². The molecule has 2 saturated heterocycles. The fraction of sp³-hybridized carbons (Fsp3) is 0.435. The summed E-state index contributed by atoms with van der Waals surface area (Å²) in [5.74, 6) is 0.422. The molecule has 0 bridgehead atoms. The van der Waals surface area contributed by atoms with Crippen molar-refractivity contribution in [2.45, 2.75) is 31.4 Å². The third-order valence-corrected chi connectivity index (χ3v) is 6.23. The number of benzene rings is 2. The molecule has 4 rings (SSSR count). The Morgan fingerprint density at radius 1 is 1.20 bits per heavy atom. The van der Waals surface area contributed by atoms with Gasteiger partial charge in [0.1, 0.15) is 11.6 Å². The van der Waals surface area contributed by atoms with Crippen molar-refractivity contribution in [3.05, 3.63) is 54.3 Å². The number of methoxy groups -OCH3 is 1. The van der Waals surface area contributed by atoms with E-state index >= 15 is 0 Å². The monoisotopic (exact) mass is 413 g/mol. The first-order valence-electron chi connectivity index (χ1n) is 10.4. The van der Waals surface area contributed by atoms with Crippen LogP contribution in [-0.4, -0.2) is 55.9 Å². The Morgan fingerprint density at radius 2 is 1.97 bits per heavy atom. The van der Waals surface area contributed by atoms with Crippen molar-refractivity contribution in [2.75, 3.05) is 43.6 Å². The van der Waals surface area contributed by atoms with Crippen molar-refractivity contribution in [3.63, 3.8) is 0 Å². The SMILES string of the molecule is CCOc1ccccc1NC(=O)N1CCC2(CC1)C(OC)CN2c1cccc(F)c1. The number of urea groups is 1. The van der Waals surface area contributed by atoms with E-state index in [1.807, 2.05) is 42.2 Å². The summed E-state index contributed by atoms with van der Waals surface area (Å²) in [5.41, 5.74) is 1.33. The molecule has 2 aliphatic rings. The maximum Gasteiger partial charge on any atom is 0.321 e. The topological polar surface area (TPSA) is 54.0 Å². The van der Waals surface area contributed by atoms with Gasteiger partial charge in [-0.1, -0.05) is 18.2 Å². The molecule has 2 heterocycles. The highest BCUT2D eigenvalue weighted by Gasteiger charge is 2.55. The normalized spacial score (nSPS) is 20.0. The summed E-state index contributed by atoms with van der Waals surface area (Å²) in [6, 6.07) is 14.0. The molecule has 2 aliphatic heterocycles. The molecule has 0 aliphatic carbocycles. The van der Waals surface area contributed by atoms with Gasteiger partial charge >= 0.3 is 6.03 Å². The van der Waals surface area contributed by atoms with Crippen LogP contribution in [0.5, 0.6) is 5.75 Å². The maximum absolute atomic E-state index is 13.8. The van der Waals surface area contributed by atoms with E-state index in [1.54, 1.807) is 19.2 Å². The zero-order chi connectivity index (χ0) is 21.1. The van der Waals surface area contributed by atoms with Gasteiger partial charge in [0, 0.05) is 32.4 Å². The van der Waals surface area contributed by atoms with E-state index in [4.69, 9.17) is 9.47 Å². The number of ether oxygens (including phenoxy) is 2. The van der Waals surface area contributed by atoms with Gasteiger partial charge < -0.3 is 24.6 Å². The number of nitrogens with one attached hydrogen (secondary N) is 1. The maximum atomic E-state index is 13.8. The molecule has 0 radical (unpaired) electrons. The zero-order valence-electron chi connectivity index (χ0n) is 17.4. The van der Waals surface area contributed by atoms with Crippen molar-refractivity contribution in [1.82, 2.24) is 4.90 Å². The van der Waals surface area contributed by atoms with Gasteiger partial charge in [-0.25, -0.2) is 9.18 Å². The molecular formula is C23H28FN3O3. The highest BCUT2D eigenvalue weighted by Crippen LogP contribution is 2.44. The standard InChI is InChI=1S/C23H28FN3O3/c1-3-30-20-10-5-4-9-19(20)25-22(28)26-13-11-23(12-14-26)21(29-2)16-27(23)18-8-6-7-17(24)15-18/h4-10,15,21H,3,11-14,16H2,1-2H3,(H,25,28). The lowest BCUT2D eigenvalue weighted by atomic mass is 9.73. The van der Waals surface area contributed by atoms with E-state index in [9.17, 15) is 9.18 Å². The quantitative estimate of drug-likeness (QED) is 0.801. The molecule has 2 aromatic rings. The predicted octanol–water partition coefficient (Wildman–Crippen LogP) is 4.13. The van der Waals surface area contributed by atoms with Gasteiger partial charge in [0.15, 0.2) is 0 Å². The van der Waals surface area contributed by atoms with E-state index in [0.717, 1.165) is 25.1 Å². The molecule has 1 spiro atoms. The van der Waals surface area contributed by atoms with Crippen molar-refractivity contribution in [3.8, 4) is 5.75 Å². The Kier molecular flexibility index (Phi) is 5.81. The highest BCUT2D eigenvalue weighted by molar-refractivity contribution is 5.91. The summed E-state index contributed by atoms with van der Waals surface area (Å²) in [4.78, 5) is 16.9. The molecule has 1 N–H and O–H groups in total. The van der Waals surface area contributed by atoms with Gasteiger partial charge in [0.2, 0.25) is 0 Å². The average molecular weight is 413 g/mol. The molecule has 0 saturated carbocycles. The first kappa shape index (κ1) is 20.5. The largest absolute Gasteiger partial charge is 0.492 e. The smallest absolute Gasteiger partial charge is 0.321 e. The Labute approximate surface area is 176 Å². The number of hydrogen-bond donors (Lipinski definition) is 1. The second-order valence-electron chi connectivity index (χ2n) is 7.76. The molecule has 6 nitrogen and oxygen atoms in total. The van der Waals surface area contributed by atoms with E-state index in [2.05, 4.69) is 10.2 Å². The first-order valence-corrected chi connectivity index (χ1v) is 10.4. The summed E-state index contributed by atoms with van der Waals surface area (Å²) in [6.45, 7) is 4.39. The van der Waals surface area contributed by atoms with Crippen molar-refractivity contribution in [1.29, 1.82) is 0 Å². The molecular weight excluding hydrogens is 385 g/mol. The van der Waals surface area contributed by atoms with Crippen LogP contribution in [0.15, 0.2) is 48.5 Å². The third kappa shape index (κ3) is 3.69. The lowest BCUT2D eigenvalue weighted by Gasteiger charge is -2.61. The Balaban J connectivity index is 1.44. The number of hydrogen-bond acceptors (Lipinski definition) is 4. The van der Waals surface area contributed by atoms with Crippen LogP contribution >= 0.6 is 0 Å². The molecule has 160 valence electrons. The average Bonchev–Trinajstić information content (AvgIpc) is 2.75. The molecule has 7 heteroatoms. The lowest BCUT2D eigenvalue weighted by Crippen LogP contribution is -2.74. The number of nitrogens with zero attached hydrogens (tertiary/aromatic N) is 2. The van der Waals surface area contributed by atoms with Gasteiger partial charge in [0.25, 0.3) is 0 Å². The minimum absolute atomic E-state index is 0.0738. The van der Waals surface area contributed by atoms with Gasteiger partial charge in [-0.05, 0) is 50.1 Å². The van der Waals surface area contributed by atoms with Crippen LogP contribution in [0, 0.1) is 5.82 Å². The van der Waals surface area contributed by atoms with Crippen molar-refractivity contribution >= 4 is 17.4 Å². The van der Waals surface area contributed by atoms with Crippen LogP contribution < -0.4 is 15.0 Å². The molecule has 30 heavy (non-hydrogen) atoms. The highest BCUT2D eigenvalue weighted by atomic mass is 19.1. The number of amides is 2. The van der Waals surface area contributed by atoms with Gasteiger partial charge in [-0.15, -0.1) is 0 Å². The van der Waals surface area contributed by atoms with E-state index < -0.39 is 0 Å². The second kappa shape index (κ2) is 8.52. The van der Waals surface area contributed by atoms with Crippen LogP contribution in [-0.2, 0) is 4.74 Å². The first-order chi connectivity index (χ1) is 14.6. The number of anilines is 2. The van der Waals surface area contributed by atoms with E-state index in [-0.39, 0.29) is 23.5 Å². The van der Waals surface area contributed by atoms with E-state index in [1.165, 1.54) is 6.07 Å². The minimum atomic E-state index is -0.242. The molecule has 2 aromatic carbocycles. The number of rotatable bonds is 5. The number of carbonyl (C=O) groups excluding carboxylic acids is 1. The predicted molar refractivity (Wildman–Crippen MR) is 115 cm³/mol. The number of carbonyl (C=O) groups is 1. The van der Waals surface area contributed by atoms with Crippen molar-refractivity contribution < 1.29 is 18.7 Å². The summed E-state index contributed by atoms with van der Waals surface area (Å²) >= 11 is 0. The zero-order valence-corrected chi connectivity index (χ0v) is 17.4. The fourth-order valence-electron chi connectivity index (χ4n) is 4.61. The lowest BCUT2D eigenvalue weighted by molar-refractivity contribution is -0.0411. The molecule has 1 unspecified atom stereocenters. The minimum Gasteiger partial charge on any atom is -0.492 e. The van der Waals surface area contributed by atoms with Gasteiger partial charge in [-0.3, -0.25) is 0 Å². The van der Waals surface area contributed by atoms with Crippen LogP contribution in [0.1, 0.15) is 19.8 Å². The molecule has 2 amide bonds. The summed E-state index contributed by atoms with van der Waals surface area (Å²) in [5, 5.41) is 2.97. The summed E-state index contributed by atoms with van der Waals surface area (Å²) in [7, 11) is 1.72. The van der Waals surface area contributed by atoms with Gasteiger partial charge in [0.05, 0.1) is 23.9 Å². The van der Waals surface area contributed by atoms with Crippen LogP contribution in [0.25, 0.3) is 0 Å². The Morgan fingerprint density at radius 3 is 2.67 bits per heavy atom. The van der Waals surface area contributed by atoms with Crippen molar-refractivity contribution in [2.24, 2.45) is 0 Å². The number of halogens is 1. The molecule has 0 aromatic heterocycles. The Bertz CT molecular complexity index is 899. The van der Waals surface area contributed by atoms with Crippen LogP contribution in [0.2, 0.25) is 0 Å². The second-order valence-corrected chi connectivity index (χ2v) is 7.76. The van der Waals surface area contributed by atoms with E-state index in [0.29, 0.717) is 31.1 Å². The molecule has 2 fully saturated rings. The fourth-order valence-corrected chi connectivity index (χ4v) is 4.61.